The van der Waals surface area contributed by atoms with Crippen molar-refractivity contribution < 1.29 is 31.1 Å². The van der Waals surface area contributed by atoms with Gasteiger partial charge >= 0.3 is 12.1 Å². The number of nitrogens with two attached hydrogens (primary N) is 1. The number of ether oxygens (including phenoxy) is 1. The molecule has 3 N–H and O–H groups in total. The van der Waals surface area contributed by atoms with Crippen LogP contribution < -0.4 is 17.0 Å². The van der Waals surface area contributed by atoms with E-state index in [-0.39, 0.29) is 24.8 Å². The Morgan fingerprint density at radius 2 is 1.88 bits per heavy atom. The summed E-state index contributed by atoms with van der Waals surface area (Å²) in [5.41, 5.74) is 1.95. The molecule has 2 heterocycles. The Labute approximate surface area is 177 Å². The zero-order chi connectivity index (χ0) is 23.5. The van der Waals surface area contributed by atoms with Crippen LogP contribution in [0.2, 0.25) is 0 Å². The van der Waals surface area contributed by atoms with Crippen molar-refractivity contribution in [3.63, 3.8) is 0 Å². The van der Waals surface area contributed by atoms with E-state index in [4.69, 9.17) is 5.73 Å². The Morgan fingerprint density at radius 1 is 1.22 bits per heavy atom. The summed E-state index contributed by atoms with van der Waals surface area (Å²) in [6, 6.07) is -1.71. The lowest BCUT2D eigenvalue weighted by Gasteiger charge is -2.38. The van der Waals surface area contributed by atoms with Gasteiger partial charge in [0.1, 0.15) is 5.83 Å². The van der Waals surface area contributed by atoms with Crippen LogP contribution in [-0.2, 0) is 4.74 Å². The highest BCUT2D eigenvalue weighted by atomic mass is 19.4. The summed E-state index contributed by atoms with van der Waals surface area (Å²) in [4.78, 5) is 28.2. The van der Waals surface area contributed by atoms with Crippen LogP contribution >= 0.6 is 0 Å². The second-order valence-electron chi connectivity index (χ2n) is 8.47. The fourth-order valence-corrected chi connectivity index (χ4v) is 4.94. The van der Waals surface area contributed by atoms with Crippen molar-refractivity contribution in [1.82, 2.24) is 14.5 Å². The lowest BCUT2D eigenvalue weighted by molar-refractivity contribution is -0.344. The van der Waals surface area contributed by atoms with Gasteiger partial charge in [-0.15, -0.1) is 13.2 Å². The summed E-state index contributed by atoms with van der Waals surface area (Å²) in [7, 11) is 0. The van der Waals surface area contributed by atoms with Gasteiger partial charge < -0.3 is 5.73 Å². The highest BCUT2D eigenvalue weighted by Crippen LogP contribution is 2.46. The van der Waals surface area contributed by atoms with Crippen LogP contribution in [-0.4, -0.2) is 59.0 Å². The van der Waals surface area contributed by atoms with E-state index in [1.807, 2.05) is 4.98 Å². The quantitative estimate of drug-likeness (QED) is 0.646. The maximum absolute atomic E-state index is 15.5. The number of H-pyrrole nitrogens is 1. The minimum atomic E-state index is -4.94. The third-order valence-corrected chi connectivity index (χ3v) is 6.39. The van der Waals surface area contributed by atoms with E-state index >= 15 is 4.39 Å². The molecule has 4 atom stereocenters. The van der Waals surface area contributed by atoms with Crippen LogP contribution in [0.25, 0.3) is 5.57 Å². The maximum Gasteiger partial charge on any atom is 0.522 e. The molecule has 3 aliphatic rings. The Bertz CT molecular complexity index is 1040. The summed E-state index contributed by atoms with van der Waals surface area (Å²) < 4.78 is 87.2. The third-order valence-electron chi connectivity index (χ3n) is 6.39. The zero-order valence-corrected chi connectivity index (χ0v) is 17.0. The van der Waals surface area contributed by atoms with Crippen LogP contribution in [0.5, 0.6) is 0 Å². The Hall–Kier alpha value is -2.12. The average molecular weight is 468 g/mol. The van der Waals surface area contributed by atoms with Crippen LogP contribution in [0.15, 0.2) is 15.4 Å². The largest absolute Gasteiger partial charge is 0.522 e. The third kappa shape index (κ3) is 3.90. The molecule has 32 heavy (non-hydrogen) atoms. The normalized spacial score (nSPS) is 29.2. The predicted molar refractivity (Wildman–Crippen MR) is 101 cm³/mol. The minimum Gasteiger partial charge on any atom is -0.330 e. The van der Waals surface area contributed by atoms with Gasteiger partial charge in [0.05, 0.1) is 23.3 Å². The number of nitrogens with zero attached hydrogens (tertiary/aromatic N) is 2. The smallest absolute Gasteiger partial charge is 0.330 e. The molecule has 13 heteroatoms. The molecule has 1 saturated heterocycles. The van der Waals surface area contributed by atoms with Crippen molar-refractivity contribution in [1.29, 1.82) is 0 Å². The summed E-state index contributed by atoms with van der Waals surface area (Å²) in [6.07, 6.45) is -8.54. The van der Waals surface area contributed by atoms with Crippen LogP contribution in [0, 0.1) is 5.92 Å². The van der Waals surface area contributed by atoms with Crippen LogP contribution in [0.1, 0.15) is 43.0 Å². The van der Waals surface area contributed by atoms with Crippen molar-refractivity contribution in [2.45, 2.75) is 56.7 Å². The molecule has 7 nitrogen and oxygen atoms in total. The molecule has 2 fully saturated rings. The number of hydrogen-bond acceptors (Lipinski definition) is 5. The van der Waals surface area contributed by atoms with Crippen LogP contribution in [0.3, 0.4) is 0 Å². The molecule has 0 aromatic carbocycles. The molecular weight excluding hydrogens is 446 g/mol. The summed E-state index contributed by atoms with van der Waals surface area (Å²) in [5.74, 6) is -3.06. The van der Waals surface area contributed by atoms with E-state index in [1.54, 1.807) is 0 Å². The summed E-state index contributed by atoms with van der Waals surface area (Å²) in [5, 5.41) is 0. The molecule has 178 valence electrons. The topological polar surface area (TPSA) is 93.4 Å². The number of allylic oxidation sites excluding steroid dienone is 1. The standard InChI is InChI=1S/C19H22F6N4O3/c1-7-14-12(17(30)27-18(31)29(14)9-2-3-9)11(16(21)22)13(20)15(7)28-5-8(4-26)10(6-28)32-19(23,24)25/h7-10,15-16H,2-6,26H2,1H3,(H,27,30,31). The minimum absolute atomic E-state index is 0.0209. The second-order valence-corrected chi connectivity index (χ2v) is 8.47. The number of rotatable bonds is 5. The number of aromatic amines is 1. The SMILES string of the molecule is CC1c2c(c(=O)[nH]c(=O)n2C2CC2)C(C(F)F)=C(F)C1N1CC(CN)C(OC(F)(F)F)C1. The molecule has 0 spiro atoms. The van der Waals surface area contributed by atoms with Gasteiger partial charge in [-0.25, -0.2) is 18.0 Å². The number of halogens is 6. The Morgan fingerprint density at radius 3 is 2.41 bits per heavy atom. The second kappa shape index (κ2) is 8.03. The first kappa shape index (κ1) is 23.1. The van der Waals surface area contributed by atoms with Gasteiger partial charge in [0, 0.05) is 36.7 Å². The highest BCUT2D eigenvalue weighted by Gasteiger charge is 2.49. The van der Waals surface area contributed by atoms with Gasteiger partial charge in [-0.2, -0.15) is 0 Å². The van der Waals surface area contributed by atoms with Crippen molar-refractivity contribution >= 4 is 5.57 Å². The van der Waals surface area contributed by atoms with Gasteiger partial charge in [-0.3, -0.25) is 24.0 Å². The van der Waals surface area contributed by atoms with E-state index in [0.717, 1.165) is 0 Å². The van der Waals surface area contributed by atoms with E-state index in [2.05, 4.69) is 4.74 Å². The number of aromatic nitrogens is 2. The van der Waals surface area contributed by atoms with Gasteiger partial charge in [0.25, 0.3) is 12.0 Å². The molecule has 1 aromatic rings. The lowest BCUT2D eigenvalue weighted by Crippen LogP contribution is -2.46. The highest BCUT2D eigenvalue weighted by molar-refractivity contribution is 5.74. The van der Waals surface area contributed by atoms with E-state index in [0.29, 0.717) is 12.8 Å². The fourth-order valence-electron chi connectivity index (χ4n) is 4.94. The average Bonchev–Trinajstić information content (AvgIpc) is 3.42. The molecule has 2 aliphatic carbocycles. The molecule has 1 saturated carbocycles. The molecule has 0 amide bonds. The zero-order valence-electron chi connectivity index (χ0n) is 17.0. The first-order valence-electron chi connectivity index (χ1n) is 10.2. The summed E-state index contributed by atoms with van der Waals surface area (Å²) in [6.45, 7) is 0.766. The molecule has 4 unspecified atom stereocenters. The number of nitrogens with one attached hydrogen (secondary N) is 1. The van der Waals surface area contributed by atoms with Gasteiger partial charge in [-0.05, 0) is 19.4 Å². The van der Waals surface area contributed by atoms with Crippen molar-refractivity contribution in [3.8, 4) is 0 Å². The number of fused-ring (bicyclic) bond motifs is 1. The lowest BCUT2D eigenvalue weighted by atomic mass is 9.82. The maximum atomic E-state index is 15.5. The van der Waals surface area contributed by atoms with Gasteiger partial charge in [0.15, 0.2) is 0 Å². The molecular formula is C19H22F6N4O3. The number of alkyl halides is 5. The van der Waals surface area contributed by atoms with Crippen molar-refractivity contribution in [2.75, 3.05) is 19.6 Å². The molecule has 0 bridgehead atoms. The number of likely N-dealkylation sites (tertiary alicyclic amines) is 1. The van der Waals surface area contributed by atoms with Gasteiger partial charge in [-0.1, -0.05) is 6.92 Å². The molecule has 1 aromatic heterocycles. The monoisotopic (exact) mass is 468 g/mol. The van der Waals surface area contributed by atoms with Crippen molar-refractivity contribution in [2.24, 2.45) is 11.7 Å². The number of hydrogen-bond donors (Lipinski definition) is 2. The molecule has 4 rings (SSSR count). The Kier molecular flexibility index (Phi) is 5.78. The van der Waals surface area contributed by atoms with Gasteiger partial charge in [0.2, 0.25) is 0 Å². The first-order chi connectivity index (χ1) is 14.9. The Balaban J connectivity index is 1.82. The predicted octanol–water partition coefficient (Wildman–Crippen LogP) is 2.10. The summed E-state index contributed by atoms with van der Waals surface area (Å²) >= 11 is 0. The van der Waals surface area contributed by atoms with E-state index in [1.165, 1.54) is 16.4 Å². The van der Waals surface area contributed by atoms with Crippen LogP contribution in [0.4, 0.5) is 26.3 Å². The van der Waals surface area contributed by atoms with E-state index < -0.39 is 71.5 Å². The molecule has 0 radical (unpaired) electrons. The van der Waals surface area contributed by atoms with Crippen molar-refractivity contribution in [3.05, 3.63) is 37.9 Å². The first-order valence-corrected chi connectivity index (χ1v) is 10.2. The van der Waals surface area contributed by atoms with E-state index in [9.17, 15) is 31.5 Å². The fraction of sp³-hybridized carbons (Fsp3) is 0.684. The molecule has 1 aliphatic heterocycles.